The summed E-state index contributed by atoms with van der Waals surface area (Å²) >= 11 is 1.51. The molecular formula is C15H20N2O4S. The van der Waals surface area contributed by atoms with Crippen LogP contribution in [0, 0.1) is 6.92 Å². The fourth-order valence-corrected chi connectivity index (χ4v) is 3.23. The molecule has 0 aromatic carbocycles. The second-order valence-electron chi connectivity index (χ2n) is 4.96. The molecule has 0 N–H and O–H groups in total. The highest BCUT2D eigenvalue weighted by atomic mass is 32.1. The largest absolute Gasteiger partial charge is 0.462 e. The molecule has 0 fully saturated rings. The molecule has 0 amide bonds. The smallest absolute Gasteiger partial charge is 0.329 e. The van der Waals surface area contributed by atoms with E-state index in [9.17, 15) is 9.59 Å². The molecule has 0 aliphatic carbocycles. The number of fused-ring (bicyclic) bond motifs is 1. The van der Waals surface area contributed by atoms with Gasteiger partial charge in [-0.05, 0) is 26.3 Å². The van der Waals surface area contributed by atoms with Crippen molar-refractivity contribution in [3.63, 3.8) is 0 Å². The van der Waals surface area contributed by atoms with E-state index < -0.39 is 12.0 Å². The van der Waals surface area contributed by atoms with Gasteiger partial charge >= 0.3 is 5.97 Å². The van der Waals surface area contributed by atoms with E-state index in [2.05, 4.69) is 4.98 Å². The number of methoxy groups -OCH3 is 1. The van der Waals surface area contributed by atoms with E-state index in [0.29, 0.717) is 17.8 Å². The average molecular weight is 324 g/mol. The van der Waals surface area contributed by atoms with Crippen molar-refractivity contribution < 1.29 is 14.3 Å². The molecule has 0 radical (unpaired) electrons. The van der Waals surface area contributed by atoms with Crippen LogP contribution < -0.4 is 5.56 Å². The van der Waals surface area contributed by atoms with Gasteiger partial charge in [0.1, 0.15) is 23.3 Å². The van der Waals surface area contributed by atoms with Crippen molar-refractivity contribution in [2.75, 3.05) is 20.3 Å². The number of carbonyl (C=O) groups is 1. The number of ether oxygens (including phenoxy) is 2. The summed E-state index contributed by atoms with van der Waals surface area (Å²) in [5.74, 6) is 0.0486. The van der Waals surface area contributed by atoms with Crippen LogP contribution in [0.5, 0.6) is 0 Å². The second-order valence-corrected chi connectivity index (χ2v) is 6.07. The fraction of sp³-hybridized carbons (Fsp3) is 0.533. The first kappa shape index (κ1) is 16.6. The predicted molar refractivity (Wildman–Crippen MR) is 85.5 cm³/mol. The van der Waals surface area contributed by atoms with Crippen LogP contribution in [-0.2, 0) is 20.7 Å². The van der Waals surface area contributed by atoms with Crippen LogP contribution in [0.15, 0.2) is 10.9 Å². The number of aryl methyl sites for hydroxylation is 2. The minimum Gasteiger partial charge on any atom is -0.462 e. The van der Waals surface area contributed by atoms with Gasteiger partial charge < -0.3 is 9.47 Å². The van der Waals surface area contributed by atoms with Crippen LogP contribution in [0.2, 0.25) is 0 Å². The third-order valence-electron chi connectivity index (χ3n) is 3.43. The maximum atomic E-state index is 12.7. The van der Waals surface area contributed by atoms with Crippen LogP contribution in [0.1, 0.15) is 30.6 Å². The van der Waals surface area contributed by atoms with Crippen molar-refractivity contribution >= 4 is 27.5 Å². The maximum absolute atomic E-state index is 12.7. The number of esters is 1. The number of rotatable bonds is 6. The molecule has 22 heavy (non-hydrogen) atoms. The van der Waals surface area contributed by atoms with Gasteiger partial charge in [0.2, 0.25) is 0 Å². The van der Waals surface area contributed by atoms with Gasteiger partial charge in [0.15, 0.2) is 0 Å². The highest BCUT2D eigenvalue weighted by molar-refractivity contribution is 7.18. The van der Waals surface area contributed by atoms with Gasteiger partial charge in [0.05, 0.1) is 12.0 Å². The zero-order valence-electron chi connectivity index (χ0n) is 13.2. The zero-order chi connectivity index (χ0) is 16.3. The lowest BCUT2D eigenvalue weighted by Gasteiger charge is -2.16. The summed E-state index contributed by atoms with van der Waals surface area (Å²) in [4.78, 5) is 31.0. The number of hydrogen-bond acceptors (Lipinski definition) is 6. The first-order valence-corrected chi connectivity index (χ1v) is 7.98. The van der Waals surface area contributed by atoms with Crippen molar-refractivity contribution in [2.45, 2.75) is 33.2 Å². The van der Waals surface area contributed by atoms with E-state index in [4.69, 9.17) is 9.47 Å². The summed E-state index contributed by atoms with van der Waals surface area (Å²) < 4.78 is 11.3. The normalized spacial score (nSPS) is 12.5. The summed E-state index contributed by atoms with van der Waals surface area (Å²) in [5.41, 5.74) is -0.199. The lowest BCUT2D eigenvalue weighted by atomic mass is 10.2. The van der Waals surface area contributed by atoms with Crippen LogP contribution in [0.3, 0.4) is 0 Å². The van der Waals surface area contributed by atoms with Crippen molar-refractivity contribution in [1.82, 2.24) is 9.55 Å². The molecule has 0 spiro atoms. The summed E-state index contributed by atoms with van der Waals surface area (Å²) in [7, 11) is 1.53. The molecular weight excluding hydrogens is 304 g/mol. The third-order valence-corrected chi connectivity index (χ3v) is 4.61. The van der Waals surface area contributed by atoms with Gasteiger partial charge in [-0.1, -0.05) is 6.92 Å². The minimum absolute atomic E-state index is 0.168. The lowest BCUT2D eigenvalue weighted by molar-refractivity contribution is -0.148. The van der Waals surface area contributed by atoms with Crippen molar-refractivity contribution in [3.8, 4) is 0 Å². The predicted octanol–water partition coefficient (Wildman–Crippen LogP) is 2.08. The second kappa shape index (κ2) is 7.02. The van der Waals surface area contributed by atoms with E-state index in [1.807, 2.05) is 13.0 Å². The Morgan fingerprint density at radius 3 is 2.82 bits per heavy atom. The number of hydrogen-bond donors (Lipinski definition) is 0. The van der Waals surface area contributed by atoms with Crippen LogP contribution in [0.25, 0.3) is 10.2 Å². The Balaban J connectivity index is 2.37. The molecule has 120 valence electrons. The third kappa shape index (κ3) is 3.20. The van der Waals surface area contributed by atoms with Gasteiger partial charge in [-0.25, -0.2) is 9.78 Å². The Kier molecular flexibility index (Phi) is 5.31. The van der Waals surface area contributed by atoms with Crippen LogP contribution in [0.4, 0.5) is 0 Å². The van der Waals surface area contributed by atoms with Gasteiger partial charge in [0.25, 0.3) is 5.56 Å². The number of aromatic nitrogens is 2. The maximum Gasteiger partial charge on any atom is 0.329 e. The highest BCUT2D eigenvalue weighted by Crippen LogP contribution is 2.23. The van der Waals surface area contributed by atoms with Gasteiger partial charge in [-0.15, -0.1) is 11.3 Å². The van der Waals surface area contributed by atoms with E-state index in [1.165, 1.54) is 23.0 Å². The Labute approximate surface area is 132 Å². The summed E-state index contributed by atoms with van der Waals surface area (Å²) in [6.07, 6.45) is 0.855. The monoisotopic (exact) mass is 324 g/mol. The van der Waals surface area contributed by atoms with Gasteiger partial charge in [-0.2, -0.15) is 0 Å². The molecule has 6 nitrogen and oxygen atoms in total. The van der Waals surface area contributed by atoms with E-state index in [1.54, 1.807) is 13.8 Å². The van der Waals surface area contributed by atoms with Gasteiger partial charge in [-0.3, -0.25) is 9.36 Å². The lowest BCUT2D eigenvalue weighted by Crippen LogP contribution is -2.32. The standard InChI is InChI=1S/C15H20N2O4S/c1-5-11-8-12-13(22-11)16-10(3)17(14(12)18)9(2)15(19)21-7-6-20-4/h8-9H,5-7H2,1-4H3. The van der Waals surface area contributed by atoms with Gasteiger partial charge in [0, 0.05) is 12.0 Å². The molecule has 2 rings (SSSR count). The highest BCUT2D eigenvalue weighted by Gasteiger charge is 2.22. The van der Waals surface area contributed by atoms with Crippen LogP contribution >= 0.6 is 11.3 Å². The number of nitrogens with zero attached hydrogens (tertiary/aromatic N) is 2. The average Bonchev–Trinajstić information content (AvgIpc) is 2.90. The first-order valence-electron chi connectivity index (χ1n) is 7.16. The topological polar surface area (TPSA) is 70.4 Å². The first-order chi connectivity index (χ1) is 10.5. The molecule has 2 aromatic heterocycles. The number of carbonyl (C=O) groups excluding carboxylic acids is 1. The SMILES string of the molecule is CCc1cc2c(=O)n(C(C)C(=O)OCCOC)c(C)nc2s1. The van der Waals surface area contributed by atoms with Crippen molar-refractivity contribution in [1.29, 1.82) is 0 Å². The Morgan fingerprint density at radius 2 is 2.18 bits per heavy atom. The van der Waals surface area contributed by atoms with E-state index >= 15 is 0 Å². The molecule has 7 heteroatoms. The van der Waals surface area contributed by atoms with E-state index in [-0.39, 0.29) is 12.2 Å². The molecule has 2 aromatic rings. The fourth-order valence-electron chi connectivity index (χ4n) is 2.23. The zero-order valence-corrected chi connectivity index (χ0v) is 14.0. The Hall–Kier alpha value is -1.73. The molecule has 0 saturated heterocycles. The molecule has 0 bridgehead atoms. The van der Waals surface area contributed by atoms with Crippen LogP contribution in [-0.4, -0.2) is 35.8 Å². The molecule has 2 heterocycles. The molecule has 1 atom stereocenters. The Bertz CT molecular complexity index is 735. The summed E-state index contributed by atoms with van der Waals surface area (Å²) in [5, 5.41) is 0.559. The Morgan fingerprint density at radius 1 is 1.45 bits per heavy atom. The molecule has 1 unspecified atom stereocenters. The molecule has 0 saturated carbocycles. The summed E-state index contributed by atoms with van der Waals surface area (Å²) in [6.45, 7) is 5.90. The number of thiophene rings is 1. The molecule has 0 aliphatic heterocycles. The summed E-state index contributed by atoms with van der Waals surface area (Å²) in [6, 6.07) is 1.14. The minimum atomic E-state index is -0.716. The van der Waals surface area contributed by atoms with Crippen molar-refractivity contribution in [3.05, 3.63) is 27.1 Å². The van der Waals surface area contributed by atoms with Crippen molar-refractivity contribution in [2.24, 2.45) is 0 Å². The van der Waals surface area contributed by atoms with E-state index in [0.717, 1.165) is 16.1 Å². The quantitative estimate of drug-likeness (QED) is 0.601. The molecule has 0 aliphatic rings.